The maximum absolute atomic E-state index is 12.2. The van der Waals surface area contributed by atoms with E-state index >= 15 is 0 Å². The van der Waals surface area contributed by atoms with E-state index in [0.717, 1.165) is 11.1 Å². The second-order valence-electron chi connectivity index (χ2n) is 4.47. The summed E-state index contributed by atoms with van der Waals surface area (Å²) in [6.07, 6.45) is 0. The monoisotopic (exact) mass is 254 g/mol. The molecule has 0 heterocycles. The van der Waals surface area contributed by atoms with E-state index < -0.39 is 0 Å². The number of nitrogens with two attached hydrogens (primary N) is 1. The van der Waals surface area contributed by atoms with Gasteiger partial charge in [0.05, 0.1) is 6.04 Å². The van der Waals surface area contributed by atoms with E-state index in [-0.39, 0.29) is 11.9 Å². The van der Waals surface area contributed by atoms with E-state index in [2.05, 4.69) is 5.32 Å². The molecule has 19 heavy (non-hydrogen) atoms. The van der Waals surface area contributed by atoms with Crippen LogP contribution in [-0.2, 0) is 6.54 Å². The van der Waals surface area contributed by atoms with Crippen LogP contribution in [0.5, 0.6) is 0 Å². The molecule has 0 spiro atoms. The molecule has 0 aromatic heterocycles. The summed E-state index contributed by atoms with van der Waals surface area (Å²) in [4.78, 5) is 12.2. The Hall–Kier alpha value is -2.13. The number of amides is 1. The van der Waals surface area contributed by atoms with Crippen molar-refractivity contribution in [2.75, 3.05) is 0 Å². The number of hydrogen-bond donors (Lipinski definition) is 2. The fourth-order valence-corrected chi connectivity index (χ4v) is 2.02. The molecule has 3 heteroatoms. The molecule has 3 N–H and O–H groups in total. The Labute approximate surface area is 113 Å². The zero-order valence-corrected chi connectivity index (χ0v) is 11.0. The molecule has 0 fully saturated rings. The average molecular weight is 254 g/mol. The summed E-state index contributed by atoms with van der Waals surface area (Å²) in [7, 11) is 0. The molecule has 0 aliphatic carbocycles. The van der Waals surface area contributed by atoms with Gasteiger partial charge in [0.15, 0.2) is 0 Å². The van der Waals surface area contributed by atoms with Gasteiger partial charge in [-0.15, -0.1) is 0 Å². The Balaban J connectivity index is 2.13. The van der Waals surface area contributed by atoms with E-state index in [0.29, 0.717) is 12.1 Å². The molecule has 1 atom stereocenters. The minimum atomic E-state index is -0.0857. The van der Waals surface area contributed by atoms with Crippen molar-refractivity contribution in [3.8, 4) is 0 Å². The summed E-state index contributed by atoms with van der Waals surface area (Å²) in [5.41, 5.74) is 8.24. The topological polar surface area (TPSA) is 55.1 Å². The minimum Gasteiger partial charge on any atom is -0.346 e. The maximum atomic E-state index is 12.2. The van der Waals surface area contributed by atoms with Gasteiger partial charge < -0.3 is 11.1 Å². The third-order valence-corrected chi connectivity index (χ3v) is 3.13. The van der Waals surface area contributed by atoms with Gasteiger partial charge in [-0.05, 0) is 24.1 Å². The highest BCUT2D eigenvalue weighted by atomic mass is 16.1. The highest BCUT2D eigenvalue weighted by Gasteiger charge is 2.13. The van der Waals surface area contributed by atoms with Gasteiger partial charge in [0.25, 0.3) is 5.91 Å². The summed E-state index contributed by atoms with van der Waals surface area (Å²) in [5, 5.41) is 2.99. The van der Waals surface area contributed by atoms with Gasteiger partial charge in [-0.25, -0.2) is 0 Å². The minimum absolute atomic E-state index is 0.0282. The number of rotatable bonds is 4. The van der Waals surface area contributed by atoms with Crippen molar-refractivity contribution < 1.29 is 4.79 Å². The zero-order valence-electron chi connectivity index (χ0n) is 11.0. The maximum Gasteiger partial charge on any atom is 0.252 e. The Kier molecular flexibility index (Phi) is 4.31. The smallest absolute Gasteiger partial charge is 0.252 e. The van der Waals surface area contributed by atoms with Crippen molar-refractivity contribution in [1.29, 1.82) is 0 Å². The molecule has 1 unspecified atom stereocenters. The summed E-state index contributed by atoms with van der Waals surface area (Å²) < 4.78 is 0. The number of nitrogens with one attached hydrogen (secondary N) is 1. The lowest BCUT2D eigenvalue weighted by Crippen LogP contribution is -2.27. The van der Waals surface area contributed by atoms with E-state index in [4.69, 9.17) is 5.73 Å². The van der Waals surface area contributed by atoms with Crippen LogP contribution in [0.1, 0.15) is 34.5 Å². The van der Waals surface area contributed by atoms with Gasteiger partial charge in [0, 0.05) is 12.1 Å². The second-order valence-corrected chi connectivity index (χ2v) is 4.47. The van der Waals surface area contributed by atoms with Crippen LogP contribution in [0, 0.1) is 0 Å². The van der Waals surface area contributed by atoms with Crippen molar-refractivity contribution in [1.82, 2.24) is 5.32 Å². The molecule has 2 aromatic rings. The third kappa shape index (κ3) is 3.20. The third-order valence-electron chi connectivity index (χ3n) is 3.13. The Morgan fingerprint density at radius 2 is 1.74 bits per heavy atom. The van der Waals surface area contributed by atoms with Gasteiger partial charge in [0.2, 0.25) is 0 Å². The molecule has 98 valence electrons. The molecular weight excluding hydrogens is 236 g/mol. The lowest BCUT2D eigenvalue weighted by molar-refractivity contribution is 0.0939. The molecular formula is C16H18N2O. The van der Waals surface area contributed by atoms with Crippen LogP contribution in [0.2, 0.25) is 0 Å². The predicted octanol–water partition coefficient (Wildman–Crippen LogP) is 2.64. The molecule has 0 saturated heterocycles. The summed E-state index contributed by atoms with van der Waals surface area (Å²) in [6.45, 7) is 2.33. The normalized spacial score (nSPS) is 11.9. The summed E-state index contributed by atoms with van der Waals surface area (Å²) in [5.74, 6) is -0.0857. The summed E-state index contributed by atoms with van der Waals surface area (Å²) in [6, 6.07) is 17.3. The van der Waals surface area contributed by atoms with Crippen LogP contribution in [-0.4, -0.2) is 5.91 Å². The van der Waals surface area contributed by atoms with Crippen molar-refractivity contribution >= 4 is 5.91 Å². The van der Waals surface area contributed by atoms with Gasteiger partial charge in [-0.1, -0.05) is 48.5 Å². The van der Waals surface area contributed by atoms with E-state index in [1.165, 1.54) is 0 Å². The van der Waals surface area contributed by atoms with Gasteiger partial charge in [0.1, 0.15) is 0 Å². The SMILES string of the molecule is CC(NC(=O)c1ccccc1CN)c1ccccc1. The average Bonchev–Trinajstić information content (AvgIpc) is 2.48. The van der Waals surface area contributed by atoms with Crippen LogP contribution in [0.3, 0.4) is 0 Å². The largest absolute Gasteiger partial charge is 0.346 e. The number of hydrogen-bond acceptors (Lipinski definition) is 2. The lowest BCUT2D eigenvalue weighted by Gasteiger charge is -2.15. The first-order valence-electron chi connectivity index (χ1n) is 6.36. The molecule has 0 aliphatic heterocycles. The number of carbonyl (C=O) groups excluding carboxylic acids is 1. The first kappa shape index (κ1) is 13.3. The fraction of sp³-hybridized carbons (Fsp3) is 0.188. The molecule has 0 saturated carbocycles. The zero-order chi connectivity index (χ0) is 13.7. The molecule has 1 amide bonds. The van der Waals surface area contributed by atoms with Gasteiger partial charge >= 0.3 is 0 Å². The van der Waals surface area contributed by atoms with Crippen LogP contribution >= 0.6 is 0 Å². The molecule has 2 rings (SSSR count). The molecule has 0 bridgehead atoms. The van der Waals surface area contributed by atoms with E-state index in [1.54, 1.807) is 6.07 Å². The number of benzene rings is 2. The molecule has 2 aromatic carbocycles. The van der Waals surface area contributed by atoms with Crippen molar-refractivity contribution in [2.45, 2.75) is 19.5 Å². The first-order chi connectivity index (χ1) is 9.22. The Bertz CT molecular complexity index is 552. The highest BCUT2D eigenvalue weighted by Crippen LogP contribution is 2.14. The van der Waals surface area contributed by atoms with Gasteiger partial charge in [-0.2, -0.15) is 0 Å². The Morgan fingerprint density at radius 3 is 2.42 bits per heavy atom. The van der Waals surface area contributed by atoms with Crippen LogP contribution in [0.25, 0.3) is 0 Å². The summed E-state index contributed by atoms with van der Waals surface area (Å²) >= 11 is 0. The van der Waals surface area contributed by atoms with Crippen LogP contribution < -0.4 is 11.1 Å². The van der Waals surface area contributed by atoms with Crippen molar-refractivity contribution in [3.63, 3.8) is 0 Å². The predicted molar refractivity (Wildman–Crippen MR) is 76.7 cm³/mol. The van der Waals surface area contributed by atoms with Crippen LogP contribution in [0.4, 0.5) is 0 Å². The molecule has 3 nitrogen and oxygen atoms in total. The quantitative estimate of drug-likeness (QED) is 0.881. The lowest BCUT2D eigenvalue weighted by atomic mass is 10.0. The molecule has 0 radical (unpaired) electrons. The van der Waals surface area contributed by atoms with Crippen molar-refractivity contribution in [2.24, 2.45) is 5.73 Å². The highest BCUT2D eigenvalue weighted by molar-refractivity contribution is 5.95. The Morgan fingerprint density at radius 1 is 1.11 bits per heavy atom. The van der Waals surface area contributed by atoms with Gasteiger partial charge in [-0.3, -0.25) is 4.79 Å². The second kappa shape index (κ2) is 6.16. The molecule has 0 aliphatic rings. The number of carbonyl (C=O) groups is 1. The standard InChI is InChI=1S/C16H18N2O/c1-12(13-7-3-2-4-8-13)18-16(19)15-10-6-5-9-14(15)11-17/h2-10,12H,11,17H2,1H3,(H,18,19). The van der Waals surface area contributed by atoms with E-state index in [9.17, 15) is 4.79 Å². The van der Waals surface area contributed by atoms with Crippen molar-refractivity contribution in [3.05, 3.63) is 71.3 Å². The van der Waals surface area contributed by atoms with Crippen LogP contribution in [0.15, 0.2) is 54.6 Å². The van der Waals surface area contributed by atoms with E-state index in [1.807, 2.05) is 55.5 Å². The first-order valence-corrected chi connectivity index (χ1v) is 6.36. The fourth-order valence-electron chi connectivity index (χ4n) is 2.02.